The Morgan fingerprint density at radius 3 is 2.29 bits per heavy atom. The van der Waals surface area contributed by atoms with Crippen LogP contribution in [0.2, 0.25) is 0 Å². The molecule has 3 N–H and O–H groups in total. The number of rotatable bonds is 5. The fraction of sp³-hybridized carbons (Fsp3) is 0.846. The first kappa shape index (κ1) is 12.8. The van der Waals surface area contributed by atoms with Crippen molar-refractivity contribution in [2.24, 2.45) is 23.5 Å². The highest BCUT2D eigenvalue weighted by atomic mass is 32.1. The van der Waals surface area contributed by atoms with Crippen molar-refractivity contribution in [3.8, 4) is 0 Å². The normalized spacial score (nSPS) is 30.8. The van der Waals surface area contributed by atoms with Crippen LogP contribution < -0.4 is 11.1 Å². The van der Waals surface area contributed by atoms with Crippen LogP contribution in [0.4, 0.5) is 0 Å². The topological polar surface area (TPSA) is 55.1 Å². The average Bonchev–Trinajstić information content (AvgIpc) is 2.80. The summed E-state index contributed by atoms with van der Waals surface area (Å²) in [5.41, 5.74) is 5.33. The van der Waals surface area contributed by atoms with E-state index in [1.165, 1.54) is 19.3 Å². The van der Waals surface area contributed by atoms with Crippen LogP contribution in [0.15, 0.2) is 0 Å². The molecule has 2 saturated carbocycles. The molecule has 0 aromatic carbocycles. The molecule has 17 heavy (non-hydrogen) atoms. The lowest BCUT2D eigenvalue weighted by Crippen LogP contribution is -2.56. The Kier molecular flexibility index (Phi) is 3.43. The fourth-order valence-corrected chi connectivity index (χ4v) is 3.71. The van der Waals surface area contributed by atoms with Gasteiger partial charge >= 0.3 is 0 Å². The van der Waals surface area contributed by atoms with Crippen LogP contribution in [0.3, 0.4) is 0 Å². The molecular formula is C13H22N2OS. The minimum Gasteiger partial charge on any atom is -0.391 e. The molecule has 96 valence electrons. The van der Waals surface area contributed by atoms with Crippen LogP contribution in [0.5, 0.6) is 0 Å². The van der Waals surface area contributed by atoms with Crippen molar-refractivity contribution in [1.29, 1.82) is 0 Å². The van der Waals surface area contributed by atoms with Crippen molar-refractivity contribution in [2.45, 2.75) is 51.5 Å². The quantitative estimate of drug-likeness (QED) is 0.738. The lowest BCUT2D eigenvalue weighted by molar-refractivity contribution is -0.124. The molecular weight excluding hydrogens is 232 g/mol. The SMILES string of the molecule is CCC(CC)(NC(=O)C1C2CCCC21)C(N)=S. The van der Waals surface area contributed by atoms with Crippen molar-refractivity contribution in [3.05, 3.63) is 0 Å². The zero-order valence-corrected chi connectivity index (χ0v) is 11.5. The number of thiocarbonyl (C=S) groups is 1. The van der Waals surface area contributed by atoms with Crippen molar-refractivity contribution in [2.75, 3.05) is 0 Å². The van der Waals surface area contributed by atoms with Gasteiger partial charge in [0.15, 0.2) is 0 Å². The minimum atomic E-state index is -0.469. The molecule has 2 fully saturated rings. The number of amides is 1. The molecule has 0 bridgehead atoms. The lowest BCUT2D eigenvalue weighted by atomic mass is 9.92. The van der Waals surface area contributed by atoms with E-state index in [0.717, 1.165) is 12.8 Å². The average molecular weight is 254 g/mol. The Bertz CT molecular complexity index is 328. The van der Waals surface area contributed by atoms with E-state index in [9.17, 15) is 4.79 Å². The summed E-state index contributed by atoms with van der Waals surface area (Å²) in [5, 5.41) is 3.11. The summed E-state index contributed by atoms with van der Waals surface area (Å²) < 4.78 is 0. The van der Waals surface area contributed by atoms with E-state index in [2.05, 4.69) is 5.32 Å². The van der Waals surface area contributed by atoms with E-state index < -0.39 is 5.54 Å². The van der Waals surface area contributed by atoms with Gasteiger partial charge in [0.05, 0.1) is 10.5 Å². The predicted octanol–water partition coefficient (Wildman–Crippen LogP) is 1.99. The Labute approximate surface area is 109 Å². The largest absolute Gasteiger partial charge is 0.391 e. The van der Waals surface area contributed by atoms with Gasteiger partial charge in [0.1, 0.15) is 0 Å². The predicted molar refractivity (Wildman–Crippen MR) is 72.6 cm³/mol. The molecule has 0 heterocycles. The van der Waals surface area contributed by atoms with Crippen molar-refractivity contribution >= 4 is 23.1 Å². The summed E-state index contributed by atoms with van der Waals surface area (Å²) in [4.78, 5) is 12.6. The lowest BCUT2D eigenvalue weighted by Gasteiger charge is -2.32. The van der Waals surface area contributed by atoms with Crippen LogP contribution in [0, 0.1) is 17.8 Å². The van der Waals surface area contributed by atoms with Gasteiger partial charge in [0.2, 0.25) is 5.91 Å². The zero-order valence-electron chi connectivity index (χ0n) is 10.7. The maximum Gasteiger partial charge on any atom is 0.224 e. The summed E-state index contributed by atoms with van der Waals surface area (Å²) in [6.07, 6.45) is 5.28. The van der Waals surface area contributed by atoms with Gasteiger partial charge in [-0.15, -0.1) is 0 Å². The third-order valence-corrected chi connectivity index (χ3v) is 5.14. The molecule has 0 radical (unpaired) electrons. The summed E-state index contributed by atoms with van der Waals surface area (Å²) in [6.45, 7) is 4.05. The molecule has 2 aliphatic carbocycles. The highest BCUT2D eigenvalue weighted by Crippen LogP contribution is 2.57. The maximum absolute atomic E-state index is 12.2. The van der Waals surface area contributed by atoms with E-state index in [4.69, 9.17) is 18.0 Å². The van der Waals surface area contributed by atoms with Gasteiger partial charge in [-0.1, -0.05) is 32.5 Å². The Balaban J connectivity index is 1.99. The van der Waals surface area contributed by atoms with Crippen LogP contribution in [-0.2, 0) is 4.79 Å². The standard InChI is InChI=1S/C13H22N2OS/c1-3-13(4-2,12(14)17)15-11(16)10-8-6-5-7-9(8)10/h8-10H,3-7H2,1-2H3,(H2,14,17)(H,15,16). The summed E-state index contributed by atoms with van der Waals surface area (Å²) in [5.74, 6) is 1.72. The molecule has 2 unspecified atom stereocenters. The Hall–Kier alpha value is -0.640. The van der Waals surface area contributed by atoms with E-state index in [0.29, 0.717) is 16.8 Å². The molecule has 3 nitrogen and oxygen atoms in total. The first-order valence-corrected chi connectivity index (χ1v) is 7.08. The van der Waals surface area contributed by atoms with Gasteiger partial charge in [-0.3, -0.25) is 4.79 Å². The molecule has 2 aliphatic rings. The van der Waals surface area contributed by atoms with Crippen LogP contribution in [0.1, 0.15) is 46.0 Å². The molecule has 0 aliphatic heterocycles. The zero-order chi connectivity index (χ0) is 12.6. The molecule has 0 aromatic rings. The first-order chi connectivity index (χ1) is 8.05. The molecule has 2 rings (SSSR count). The number of carbonyl (C=O) groups is 1. The third-order valence-electron chi connectivity index (χ3n) is 4.75. The molecule has 1 amide bonds. The monoisotopic (exact) mass is 254 g/mol. The molecule has 0 spiro atoms. The smallest absolute Gasteiger partial charge is 0.224 e. The number of hydrogen-bond acceptors (Lipinski definition) is 2. The summed E-state index contributed by atoms with van der Waals surface area (Å²) >= 11 is 5.12. The van der Waals surface area contributed by atoms with Gasteiger partial charge in [-0.2, -0.15) is 0 Å². The maximum atomic E-state index is 12.2. The second-order valence-electron chi connectivity index (χ2n) is 5.43. The Morgan fingerprint density at radius 1 is 1.35 bits per heavy atom. The second kappa shape index (κ2) is 4.56. The minimum absolute atomic E-state index is 0.177. The third kappa shape index (κ3) is 2.07. The second-order valence-corrected chi connectivity index (χ2v) is 5.87. The van der Waals surface area contributed by atoms with Crippen LogP contribution in [0.25, 0.3) is 0 Å². The highest BCUT2D eigenvalue weighted by Gasteiger charge is 2.57. The number of carbonyl (C=O) groups excluding carboxylic acids is 1. The molecule has 0 saturated heterocycles. The summed E-state index contributed by atoms with van der Waals surface area (Å²) in [6, 6.07) is 0. The molecule has 0 aromatic heterocycles. The number of hydrogen-bond donors (Lipinski definition) is 2. The van der Waals surface area contributed by atoms with E-state index in [1.54, 1.807) is 0 Å². The van der Waals surface area contributed by atoms with Gasteiger partial charge < -0.3 is 11.1 Å². The fourth-order valence-electron chi connectivity index (χ4n) is 3.37. The Morgan fingerprint density at radius 2 is 1.88 bits per heavy atom. The first-order valence-electron chi connectivity index (χ1n) is 6.67. The highest BCUT2D eigenvalue weighted by molar-refractivity contribution is 7.80. The van der Waals surface area contributed by atoms with Crippen LogP contribution >= 0.6 is 12.2 Å². The van der Waals surface area contributed by atoms with E-state index in [1.807, 2.05) is 13.8 Å². The molecule has 2 atom stereocenters. The van der Waals surface area contributed by atoms with Crippen molar-refractivity contribution in [1.82, 2.24) is 5.32 Å². The van der Waals surface area contributed by atoms with Gasteiger partial charge in [-0.25, -0.2) is 0 Å². The summed E-state index contributed by atoms with van der Waals surface area (Å²) in [7, 11) is 0. The van der Waals surface area contributed by atoms with E-state index in [-0.39, 0.29) is 11.8 Å². The molecule has 4 heteroatoms. The van der Waals surface area contributed by atoms with E-state index >= 15 is 0 Å². The van der Waals surface area contributed by atoms with Crippen molar-refractivity contribution < 1.29 is 4.79 Å². The van der Waals surface area contributed by atoms with Crippen molar-refractivity contribution in [3.63, 3.8) is 0 Å². The number of nitrogens with two attached hydrogens (primary N) is 1. The van der Waals surface area contributed by atoms with Gasteiger partial charge in [0, 0.05) is 5.92 Å². The van der Waals surface area contributed by atoms with Crippen LogP contribution in [-0.4, -0.2) is 16.4 Å². The number of fused-ring (bicyclic) bond motifs is 1. The van der Waals surface area contributed by atoms with Gasteiger partial charge in [-0.05, 0) is 37.5 Å². The van der Waals surface area contributed by atoms with Gasteiger partial charge in [0.25, 0.3) is 0 Å². The number of nitrogens with one attached hydrogen (secondary N) is 1.